The second-order valence-electron chi connectivity index (χ2n) is 4.84. The number of halogens is 1. The molecule has 1 aromatic carbocycles. The number of benzene rings is 1. The molecule has 0 unspecified atom stereocenters. The van der Waals surface area contributed by atoms with Gasteiger partial charge in [0.15, 0.2) is 0 Å². The molecular weight excluding hydrogens is 300 g/mol. The van der Waals surface area contributed by atoms with Gasteiger partial charge in [-0.05, 0) is 23.6 Å². The zero-order chi connectivity index (χ0) is 15.2. The van der Waals surface area contributed by atoms with Crippen molar-refractivity contribution in [2.75, 3.05) is 19.8 Å². The Morgan fingerprint density at radius 3 is 2.70 bits per heavy atom. The number of sulfonamides is 1. The first-order chi connectivity index (χ1) is 9.36. The zero-order valence-electron chi connectivity index (χ0n) is 11.7. The molecule has 5 nitrogen and oxygen atoms in total. The molecule has 1 aromatic rings. The third kappa shape index (κ3) is 5.38. The first-order valence-corrected chi connectivity index (χ1v) is 8.29. The number of nitrogens with two attached hydrogens (primary N) is 1. The number of rotatable bonds is 8. The van der Waals surface area contributed by atoms with E-state index in [4.69, 9.17) is 22.1 Å². The summed E-state index contributed by atoms with van der Waals surface area (Å²) in [5.74, 6) is 0.419. The molecule has 0 aliphatic rings. The van der Waals surface area contributed by atoms with Gasteiger partial charge in [0.05, 0.1) is 11.6 Å². The molecule has 0 aromatic heterocycles. The van der Waals surface area contributed by atoms with Crippen LogP contribution in [0.25, 0.3) is 0 Å². The third-order valence-corrected chi connectivity index (χ3v) is 4.45. The van der Waals surface area contributed by atoms with E-state index < -0.39 is 10.0 Å². The van der Waals surface area contributed by atoms with Gasteiger partial charge in [0.1, 0.15) is 4.90 Å². The molecule has 20 heavy (non-hydrogen) atoms. The maximum absolute atomic E-state index is 12.1. The van der Waals surface area contributed by atoms with Gasteiger partial charge in [0.2, 0.25) is 10.0 Å². The van der Waals surface area contributed by atoms with E-state index in [9.17, 15) is 8.42 Å². The number of nitrogens with one attached hydrogen (secondary N) is 1. The van der Waals surface area contributed by atoms with Crippen LogP contribution in [0, 0.1) is 5.92 Å². The molecule has 0 saturated carbocycles. The van der Waals surface area contributed by atoms with Gasteiger partial charge in [-0.15, -0.1) is 0 Å². The lowest BCUT2D eigenvalue weighted by Gasteiger charge is -2.10. The van der Waals surface area contributed by atoms with Crippen molar-refractivity contribution >= 4 is 21.6 Å². The molecule has 0 spiro atoms. The Labute approximate surface area is 125 Å². The van der Waals surface area contributed by atoms with Gasteiger partial charge < -0.3 is 10.5 Å². The van der Waals surface area contributed by atoms with E-state index >= 15 is 0 Å². The molecule has 3 N–H and O–H groups in total. The Bertz CT molecular complexity index is 532. The summed E-state index contributed by atoms with van der Waals surface area (Å²) in [4.78, 5) is 0.0472. The average molecular weight is 321 g/mol. The fourth-order valence-electron chi connectivity index (χ4n) is 1.53. The van der Waals surface area contributed by atoms with Crippen LogP contribution in [0.3, 0.4) is 0 Å². The second kappa shape index (κ2) is 7.95. The van der Waals surface area contributed by atoms with Crippen molar-refractivity contribution < 1.29 is 13.2 Å². The van der Waals surface area contributed by atoms with E-state index in [0.29, 0.717) is 24.7 Å². The third-order valence-electron chi connectivity index (χ3n) is 2.51. The highest BCUT2D eigenvalue weighted by molar-refractivity contribution is 7.89. The first-order valence-electron chi connectivity index (χ1n) is 6.42. The van der Waals surface area contributed by atoms with Crippen LogP contribution >= 0.6 is 11.6 Å². The molecule has 1 rings (SSSR count). The van der Waals surface area contributed by atoms with Gasteiger partial charge in [0.25, 0.3) is 0 Å². The van der Waals surface area contributed by atoms with Crippen molar-refractivity contribution in [1.29, 1.82) is 0 Å². The minimum atomic E-state index is -3.64. The Hall–Kier alpha value is -0.660. The van der Waals surface area contributed by atoms with Crippen LogP contribution in [0.5, 0.6) is 0 Å². The van der Waals surface area contributed by atoms with Crippen molar-refractivity contribution in [2.45, 2.75) is 25.3 Å². The summed E-state index contributed by atoms with van der Waals surface area (Å²) in [7, 11) is -3.64. The van der Waals surface area contributed by atoms with Crippen molar-refractivity contribution in [2.24, 2.45) is 11.7 Å². The van der Waals surface area contributed by atoms with Crippen molar-refractivity contribution in [3.63, 3.8) is 0 Å². The van der Waals surface area contributed by atoms with Crippen molar-refractivity contribution in [3.05, 3.63) is 28.8 Å². The Morgan fingerprint density at radius 2 is 2.10 bits per heavy atom. The van der Waals surface area contributed by atoms with Crippen LogP contribution < -0.4 is 10.5 Å². The van der Waals surface area contributed by atoms with E-state index in [1.165, 1.54) is 12.1 Å². The van der Waals surface area contributed by atoms with E-state index in [1.54, 1.807) is 6.07 Å². The molecule has 0 saturated heterocycles. The monoisotopic (exact) mass is 320 g/mol. The van der Waals surface area contributed by atoms with Gasteiger partial charge in [-0.1, -0.05) is 31.5 Å². The highest BCUT2D eigenvalue weighted by atomic mass is 35.5. The molecule has 0 aliphatic heterocycles. The molecule has 114 valence electrons. The number of hydrogen-bond acceptors (Lipinski definition) is 4. The van der Waals surface area contributed by atoms with Gasteiger partial charge in [0, 0.05) is 19.7 Å². The summed E-state index contributed by atoms with van der Waals surface area (Å²) in [6.45, 7) is 5.46. The lowest BCUT2D eigenvalue weighted by atomic mass is 10.2. The topological polar surface area (TPSA) is 81.4 Å². The first kappa shape index (κ1) is 17.4. The molecule has 0 amide bonds. The highest BCUT2D eigenvalue weighted by Crippen LogP contribution is 2.22. The van der Waals surface area contributed by atoms with Crippen LogP contribution in [0.1, 0.15) is 19.4 Å². The normalized spacial score (nSPS) is 12.1. The van der Waals surface area contributed by atoms with Crippen LogP contribution in [0.15, 0.2) is 23.1 Å². The minimum Gasteiger partial charge on any atom is -0.380 e. The Kier molecular flexibility index (Phi) is 6.91. The van der Waals surface area contributed by atoms with Gasteiger partial charge in [-0.2, -0.15) is 0 Å². The summed E-state index contributed by atoms with van der Waals surface area (Å²) in [5, 5.41) is 0.179. The fourth-order valence-corrected chi connectivity index (χ4v) is 3.09. The summed E-state index contributed by atoms with van der Waals surface area (Å²) >= 11 is 5.93. The summed E-state index contributed by atoms with van der Waals surface area (Å²) in [6, 6.07) is 4.72. The summed E-state index contributed by atoms with van der Waals surface area (Å²) in [5.41, 5.74) is 6.22. The quantitative estimate of drug-likeness (QED) is 0.715. The molecule has 0 bridgehead atoms. The highest BCUT2D eigenvalue weighted by Gasteiger charge is 2.17. The predicted octanol–water partition coefficient (Wildman–Crippen LogP) is 1.75. The van der Waals surface area contributed by atoms with E-state index in [1.807, 2.05) is 13.8 Å². The van der Waals surface area contributed by atoms with Crippen LogP contribution in [-0.4, -0.2) is 28.2 Å². The summed E-state index contributed by atoms with van der Waals surface area (Å²) in [6.07, 6.45) is 0. The molecule has 0 heterocycles. The standard InChI is InChI=1S/C13H21ClN2O3S/c1-10(2)9-19-6-5-16-20(17,18)13-7-11(8-15)3-4-12(13)14/h3-4,7,10,16H,5-6,8-9,15H2,1-2H3. The zero-order valence-corrected chi connectivity index (χ0v) is 13.3. The maximum atomic E-state index is 12.1. The molecule has 0 radical (unpaired) electrons. The fraction of sp³-hybridized carbons (Fsp3) is 0.538. The molecule has 7 heteroatoms. The minimum absolute atomic E-state index is 0.0472. The van der Waals surface area contributed by atoms with Crippen LogP contribution in [0.2, 0.25) is 5.02 Å². The molecule has 0 aliphatic carbocycles. The smallest absolute Gasteiger partial charge is 0.242 e. The van der Waals surface area contributed by atoms with Gasteiger partial charge >= 0.3 is 0 Å². The number of hydrogen-bond donors (Lipinski definition) is 2. The van der Waals surface area contributed by atoms with Gasteiger partial charge in [-0.25, -0.2) is 13.1 Å². The van der Waals surface area contributed by atoms with E-state index in [-0.39, 0.29) is 23.0 Å². The van der Waals surface area contributed by atoms with Crippen LogP contribution in [0.4, 0.5) is 0 Å². The van der Waals surface area contributed by atoms with E-state index in [0.717, 1.165) is 0 Å². The summed E-state index contributed by atoms with van der Waals surface area (Å²) < 4.78 is 32.0. The maximum Gasteiger partial charge on any atom is 0.242 e. The lowest BCUT2D eigenvalue weighted by Crippen LogP contribution is -2.28. The van der Waals surface area contributed by atoms with Gasteiger partial charge in [-0.3, -0.25) is 0 Å². The average Bonchev–Trinajstić information content (AvgIpc) is 2.38. The predicted molar refractivity (Wildman–Crippen MR) is 80.2 cm³/mol. The van der Waals surface area contributed by atoms with Crippen molar-refractivity contribution in [1.82, 2.24) is 4.72 Å². The lowest BCUT2D eigenvalue weighted by molar-refractivity contribution is 0.114. The van der Waals surface area contributed by atoms with E-state index in [2.05, 4.69) is 4.72 Å². The Balaban J connectivity index is 2.64. The Morgan fingerprint density at radius 1 is 1.40 bits per heavy atom. The number of ether oxygens (including phenoxy) is 1. The molecule has 0 atom stereocenters. The largest absolute Gasteiger partial charge is 0.380 e. The SMILES string of the molecule is CC(C)COCCNS(=O)(=O)c1cc(CN)ccc1Cl. The molecule has 0 fully saturated rings. The second-order valence-corrected chi connectivity index (χ2v) is 6.98. The molecular formula is C13H21ClN2O3S. The van der Waals surface area contributed by atoms with Crippen molar-refractivity contribution in [3.8, 4) is 0 Å². The van der Waals surface area contributed by atoms with Crippen LogP contribution in [-0.2, 0) is 21.3 Å².